The molecule has 1 rings (SSSR count). The molecule has 0 heterocycles. The molecule has 0 saturated heterocycles. The Bertz CT molecular complexity index is 377. The van der Waals surface area contributed by atoms with Crippen LogP contribution in [0.4, 0.5) is 0 Å². The molecule has 1 aromatic rings. The molecular weight excluding hydrogens is 270 g/mol. The average Bonchev–Trinajstić information content (AvgIpc) is 2.04. The summed E-state index contributed by atoms with van der Waals surface area (Å²) < 4.78 is 11.2. The fraction of sp³-hybridized carbons (Fsp3) is 0.222. The van der Waals surface area contributed by atoms with Gasteiger partial charge in [-0.25, -0.2) is 0 Å². The number of carbonyl (C=O) groups is 1. The molecule has 0 fully saturated rings. The maximum Gasteiger partial charge on any atom is 2.00 e. The van der Waals surface area contributed by atoms with E-state index in [0.717, 1.165) is 0 Å². The predicted octanol–water partition coefficient (Wildman–Crippen LogP) is 1.91. The predicted molar refractivity (Wildman–Crippen MR) is 56.0 cm³/mol. The first kappa shape index (κ1) is 14.0. The third kappa shape index (κ3) is 3.30. The van der Waals surface area contributed by atoms with Crippen LogP contribution >= 0.6 is 12.6 Å². The van der Waals surface area contributed by atoms with Gasteiger partial charge in [0, 0.05) is 16.7 Å². The van der Waals surface area contributed by atoms with E-state index in [1.165, 1.54) is 6.92 Å². The van der Waals surface area contributed by atoms with E-state index in [1.54, 1.807) is 24.5 Å². The zero-order valence-electron chi connectivity index (χ0n) is 8.11. The fourth-order valence-corrected chi connectivity index (χ4v) is 2.14. The number of thiol groups is 1. The molecule has 5 heteroatoms. The minimum absolute atomic E-state index is 0. The van der Waals surface area contributed by atoms with Crippen molar-refractivity contribution in [3.05, 3.63) is 23.8 Å². The van der Waals surface area contributed by atoms with Gasteiger partial charge in [-0.2, -0.15) is 0 Å². The van der Waals surface area contributed by atoms with E-state index in [2.05, 4.69) is 12.6 Å². The molecule has 0 spiro atoms. The SMILES string of the molecule is CC(=O)c1ccc(S)c(S(C)=O)c1.[Zn+2]. The molecule has 0 aromatic heterocycles. The number of rotatable bonds is 2. The monoisotopic (exact) mass is 278 g/mol. The van der Waals surface area contributed by atoms with E-state index in [0.29, 0.717) is 15.4 Å². The molecule has 1 aromatic carbocycles. The molecule has 0 saturated carbocycles. The van der Waals surface area contributed by atoms with Crippen molar-refractivity contribution in [2.24, 2.45) is 0 Å². The average molecular weight is 280 g/mol. The van der Waals surface area contributed by atoms with Crippen molar-refractivity contribution in [3.8, 4) is 0 Å². The second-order valence-corrected chi connectivity index (χ2v) is 4.52. The first-order valence-electron chi connectivity index (χ1n) is 3.69. The molecule has 0 bridgehead atoms. The van der Waals surface area contributed by atoms with E-state index in [4.69, 9.17) is 0 Å². The number of hydrogen-bond acceptors (Lipinski definition) is 3. The molecule has 0 aliphatic rings. The van der Waals surface area contributed by atoms with Gasteiger partial charge in [0.1, 0.15) is 0 Å². The van der Waals surface area contributed by atoms with Crippen LogP contribution in [-0.2, 0) is 30.3 Å². The summed E-state index contributed by atoms with van der Waals surface area (Å²) in [7, 11) is -1.10. The fourth-order valence-electron chi connectivity index (χ4n) is 0.963. The second-order valence-electron chi connectivity index (χ2n) is 2.69. The molecule has 0 radical (unpaired) electrons. The van der Waals surface area contributed by atoms with Gasteiger partial charge in [-0.15, -0.1) is 12.6 Å². The zero-order chi connectivity index (χ0) is 10.0. The Morgan fingerprint density at radius 1 is 1.43 bits per heavy atom. The van der Waals surface area contributed by atoms with Gasteiger partial charge in [-0.05, 0) is 19.1 Å². The van der Waals surface area contributed by atoms with Crippen LogP contribution in [0.25, 0.3) is 0 Å². The van der Waals surface area contributed by atoms with E-state index in [1.807, 2.05) is 0 Å². The molecule has 1 atom stereocenters. The summed E-state index contributed by atoms with van der Waals surface area (Å²) in [6, 6.07) is 5.00. The molecule has 0 aliphatic heterocycles. The molecule has 14 heavy (non-hydrogen) atoms. The Morgan fingerprint density at radius 3 is 2.43 bits per heavy atom. The smallest absolute Gasteiger partial charge is 0.295 e. The maximum atomic E-state index is 11.2. The third-order valence-corrected chi connectivity index (χ3v) is 3.17. The topological polar surface area (TPSA) is 34.1 Å². The number of ketones is 1. The Kier molecular flexibility index (Phi) is 5.79. The number of hydrogen-bond donors (Lipinski definition) is 1. The molecular formula is C9H10O2S2Zn+2. The number of carbonyl (C=O) groups excluding carboxylic acids is 1. The molecule has 0 N–H and O–H groups in total. The molecule has 2 nitrogen and oxygen atoms in total. The normalized spacial score (nSPS) is 11.6. The maximum absolute atomic E-state index is 11.2. The van der Waals surface area contributed by atoms with E-state index < -0.39 is 10.8 Å². The van der Waals surface area contributed by atoms with Crippen molar-refractivity contribution >= 4 is 29.2 Å². The second kappa shape index (κ2) is 5.79. The van der Waals surface area contributed by atoms with E-state index in [9.17, 15) is 9.00 Å². The summed E-state index contributed by atoms with van der Waals surface area (Å²) in [6.07, 6.45) is 1.57. The first-order valence-corrected chi connectivity index (χ1v) is 5.70. The summed E-state index contributed by atoms with van der Waals surface area (Å²) in [5, 5.41) is 0. The van der Waals surface area contributed by atoms with Gasteiger partial charge in [-0.3, -0.25) is 9.00 Å². The summed E-state index contributed by atoms with van der Waals surface area (Å²) in [4.78, 5) is 12.3. The number of benzene rings is 1. The standard InChI is InChI=1S/C9H10O2S2.Zn/c1-6(10)7-3-4-8(12)9(5-7)13(2)11;/h3-5,12H,1-2H3;/q;+2. The van der Waals surface area contributed by atoms with Crippen molar-refractivity contribution < 1.29 is 28.5 Å². The van der Waals surface area contributed by atoms with Crippen LogP contribution in [0.2, 0.25) is 0 Å². The van der Waals surface area contributed by atoms with Crippen molar-refractivity contribution in [1.82, 2.24) is 0 Å². The molecule has 0 aliphatic carbocycles. The van der Waals surface area contributed by atoms with Crippen molar-refractivity contribution in [2.45, 2.75) is 16.7 Å². The quantitative estimate of drug-likeness (QED) is 0.510. The minimum atomic E-state index is -1.10. The van der Waals surface area contributed by atoms with Crippen LogP contribution in [0.15, 0.2) is 28.0 Å². The van der Waals surface area contributed by atoms with Gasteiger partial charge in [0.05, 0.1) is 15.7 Å². The van der Waals surface area contributed by atoms with Gasteiger partial charge >= 0.3 is 19.5 Å². The summed E-state index contributed by atoms with van der Waals surface area (Å²) in [6.45, 7) is 1.48. The van der Waals surface area contributed by atoms with Crippen molar-refractivity contribution in [2.75, 3.05) is 6.26 Å². The van der Waals surface area contributed by atoms with Crippen LogP contribution < -0.4 is 0 Å². The first-order chi connectivity index (χ1) is 6.02. The van der Waals surface area contributed by atoms with Crippen LogP contribution in [0.3, 0.4) is 0 Å². The van der Waals surface area contributed by atoms with E-state index >= 15 is 0 Å². The zero-order valence-corrected chi connectivity index (χ0v) is 12.8. The Balaban J connectivity index is 0.00000169. The van der Waals surface area contributed by atoms with Crippen molar-refractivity contribution in [1.29, 1.82) is 0 Å². The molecule has 70 valence electrons. The van der Waals surface area contributed by atoms with E-state index in [-0.39, 0.29) is 25.3 Å². The number of Topliss-reactive ketones (excluding diaryl/α,β-unsaturated/α-hetero) is 1. The Hall–Kier alpha value is 0.0134. The largest absolute Gasteiger partial charge is 2.00 e. The van der Waals surface area contributed by atoms with Crippen LogP contribution in [0.5, 0.6) is 0 Å². The van der Waals surface area contributed by atoms with Crippen LogP contribution in [0, 0.1) is 0 Å². The molecule has 0 amide bonds. The van der Waals surface area contributed by atoms with Gasteiger partial charge in [0.25, 0.3) is 0 Å². The summed E-state index contributed by atoms with van der Waals surface area (Å²) in [5.74, 6) is -0.0277. The van der Waals surface area contributed by atoms with Crippen molar-refractivity contribution in [3.63, 3.8) is 0 Å². The molecule has 1 unspecified atom stereocenters. The Labute approximate surface area is 104 Å². The van der Waals surface area contributed by atoms with Crippen LogP contribution in [0.1, 0.15) is 17.3 Å². The van der Waals surface area contributed by atoms with Crippen LogP contribution in [-0.4, -0.2) is 16.2 Å². The summed E-state index contributed by atoms with van der Waals surface area (Å²) in [5.41, 5.74) is 0.572. The van der Waals surface area contributed by atoms with Gasteiger partial charge in [0.15, 0.2) is 5.78 Å². The minimum Gasteiger partial charge on any atom is -0.295 e. The van der Waals surface area contributed by atoms with Gasteiger partial charge in [0.2, 0.25) is 0 Å². The Morgan fingerprint density at radius 2 is 2.00 bits per heavy atom. The summed E-state index contributed by atoms with van der Waals surface area (Å²) >= 11 is 4.15. The van der Waals surface area contributed by atoms with Gasteiger partial charge < -0.3 is 0 Å². The third-order valence-electron chi connectivity index (χ3n) is 1.68. The van der Waals surface area contributed by atoms with Gasteiger partial charge in [-0.1, -0.05) is 6.07 Å².